The Kier molecular flexibility index (Phi) is 4.46. The Morgan fingerprint density at radius 3 is 2.52 bits per heavy atom. The molecular formula is C19H27N3O3. The van der Waals surface area contributed by atoms with E-state index >= 15 is 0 Å². The molecule has 3 saturated heterocycles. The fraction of sp³-hybridized carbons (Fsp3) is 0.632. The standard InChI is InChI=1S/C19H25N3O3.H2/c1-12(23)22-10-6-14(7-11-22)21-19(24)18-16-3-2-15(25-16)17(18)13-4-8-20-9-5-13;/h4-5,8-9,14-18H,2-3,6-7,10-11H2,1H3,(H,21,24);1H/t15-,16+,17+,18+;/m0./s1. The van der Waals surface area contributed by atoms with Crippen molar-refractivity contribution in [2.24, 2.45) is 5.92 Å². The number of carbonyl (C=O) groups excluding carboxylic acids is 2. The summed E-state index contributed by atoms with van der Waals surface area (Å²) in [6, 6.07) is 4.15. The molecule has 4 heterocycles. The lowest BCUT2D eigenvalue weighted by Crippen LogP contribution is -2.49. The lowest BCUT2D eigenvalue weighted by atomic mass is 9.75. The minimum atomic E-state index is -0.119. The average molecular weight is 345 g/mol. The Labute approximate surface area is 149 Å². The quantitative estimate of drug-likeness (QED) is 0.905. The topological polar surface area (TPSA) is 71.5 Å². The molecule has 4 atom stereocenters. The van der Waals surface area contributed by atoms with Gasteiger partial charge in [-0.1, -0.05) is 0 Å². The van der Waals surface area contributed by atoms with E-state index in [0.717, 1.165) is 44.3 Å². The summed E-state index contributed by atoms with van der Waals surface area (Å²) >= 11 is 0. The van der Waals surface area contributed by atoms with E-state index in [-0.39, 0.29) is 43.3 Å². The van der Waals surface area contributed by atoms with Crippen LogP contribution in [0.4, 0.5) is 0 Å². The molecule has 0 aliphatic carbocycles. The fourth-order valence-electron chi connectivity index (χ4n) is 4.66. The predicted molar refractivity (Wildman–Crippen MR) is 93.9 cm³/mol. The molecule has 6 nitrogen and oxygen atoms in total. The van der Waals surface area contributed by atoms with Gasteiger partial charge >= 0.3 is 0 Å². The van der Waals surface area contributed by atoms with Gasteiger partial charge in [0.05, 0.1) is 18.1 Å². The molecule has 136 valence electrons. The van der Waals surface area contributed by atoms with Gasteiger partial charge in [0.1, 0.15) is 0 Å². The van der Waals surface area contributed by atoms with Crippen molar-refractivity contribution < 1.29 is 15.8 Å². The predicted octanol–water partition coefficient (Wildman–Crippen LogP) is 1.72. The van der Waals surface area contributed by atoms with Gasteiger partial charge in [-0.05, 0) is 43.4 Å². The summed E-state index contributed by atoms with van der Waals surface area (Å²) in [4.78, 5) is 30.4. The van der Waals surface area contributed by atoms with Crippen LogP contribution in [0.5, 0.6) is 0 Å². The molecule has 3 aliphatic rings. The molecule has 0 radical (unpaired) electrons. The van der Waals surface area contributed by atoms with Crippen LogP contribution in [0.1, 0.15) is 45.5 Å². The third kappa shape index (κ3) is 3.15. The van der Waals surface area contributed by atoms with Crippen LogP contribution in [0, 0.1) is 5.92 Å². The normalized spacial score (nSPS) is 32.0. The van der Waals surface area contributed by atoms with Crippen molar-refractivity contribution in [1.29, 1.82) is 0 Å². The van der Waals surface area contributed by atoms with Gasteiger partial charge in [-0.3, -0.25) is 14.6 Å². The van der Waals surface area contributed by atoms with E-state index < -0.39 is 0 Å². The van der Waals surface area contributed by atoms with E-state index in [1.54, 1.807) is 19.3 Å². The Balaban J connectivity index is 0.00000196. The van der Waals surface area contributed by atoms with Crippen LogP contribution >= 0.6 is 0 Å². The Hall–Kier alpha value is -1.95. The Bertz CT molecular complexity index is 649. The Morgan fingerprint density at radius 2 is 1.84 bits per heavy atom. The zero-order chi connectivity index (χ0) is 17.4. The summed E-state index contributed by atoms with van der Waals surface area (Å²) in [7, 11) is 0. The lowest BCUT2D eigenvalue weighted by molar-refractivity contribution is -0.130. The third-order valence-corrected chi connectivity index (χ3v) is 5.95. The Morgan fingerprint density at radius 1 is 1.16 bits per heavy atom. The lowest BCUT2D eigenvalue weighted by Gasteiger charge is -2.34. The number of aromatic nitrogens is 1. The first kappa shape index (κ1) is 16.5. The van der Waals surface area contributed by atoms with Gasteiger partial charge in [-0.25, -0.2) is 0 Å². The van der Waals surface area contributed by atoms with Crippen molar-refractivity contribution in [3.8, 4) is 0 Å². The molecule has 2 amide bonds. The van der Waals surface area contributed by atoms with Gasteiger partial charge in [0.15, 0.2) is 0 Å². The summed E-state index contributed by atoms with van der Waals surface area (Å²) in [6.07, 6.45) is 7.38. The highest BCUT2D eigenvalue weighted by Crippen LogP contribution is 2.48. The van der Waals surface area contributed by atoms with E-state index in [1.807, 2.05) is 17.0 Å². The third-order valence-electron chi connectivity index (χ3n) is 5.95. The molecule has 2 bridgehead atoms. The first-order chi connectivity index (χ1) is 12.1. The van der Waals surface area contributed by atoms with Crippen molar-refractivity contribution in [1.82, 2.24) is 15.2 Å². The number of hydrogen-bond donors (Lipinski definition) is 1. The number of likely N-dealkylation sites (tertiary alicyclic amines) is 1. The summed E-state index contributed by atoms with van der Waals surface area (Å²) in [5, 5.41) is 3.23. The minimum Gasteiger partial charge on any atom is -0.373 e. The van der Waals surface area contributed by atoms with Crippen molar-refractivity contribution >= 4 is 11.8 Å². The molecule has 6 heteroatoms. The average Bonchev–Trinajstić information content (AvgIpc) is 3.24. The molecule has 0 saturated carbocycles. The SMILES string of the molecule is CC(=O)N1CCC(NC(=O)[C@H]2[C@H](c3ccncc3)[C@@H]3CC[C@H]2O3)CC1.[HH]. The maximum absolute atomic E-state index is 13.0. The highest BCUT2D eigenvalue weighted by Gasteiger charge is 2.52. The molecular weight excluding hydrogens is 318 g/mol. The monoisotopic (exact) mass is 345 g/mol. The summed E-state index contributed by atoms with van der Waals surface area (Å²) < 4.78 is 6.08. The number of ether oxygens (including phenoxy) is 1. The smallest absolute Gasteiger partial charge is 0.226 e. The molecule has 3 fully saturated rings. The van der Waals surface area contributed by atoms with Crippen molar-refractivity contribution in [2.45, 2.75) is 56.8 Å². The van der Waals surface area contributed by atoms with Gasteiger partial charge in [0, 0.05) is 45.8 Å². The van der Waals surface area contributed by atoms with Crippen LogP contribution in [0.15, 0.2) is 24.5 Å². The number of nitrogens with zero attached hydrogens (tertiary/aromatic N) is 2. The van der Waals surface area contributed by atoms with E-state index in [9.17, 15) is 9.59 Å². The van der Waals surface area contributed by atoms with E-state index in [0.29, 0.717) is 0 Å². The number of rotatable bonds is 3. The molecule has 0 spiro atoms. The van der Waals surface area contributed by atoms with Crippen LogP contribution in [-0.4, -0.2) is 53.0 Å². The van der Waals surface area contributed by atoms with E-state index in [1.165, 1.54) is 0 Å². The summed E-state index contributed by atoms with van der Waals surface area (Å²) in [5.74, 6) is 0.227. The minimum absolute atomic E-state index is 0. The van der Waals surface area contributed by atoms with E-state index in [4.69, 9.17) is 4.74 Å². The van der Waals surface area contributed by atoms with Gasteiger partial charge in [0.25, 0.3) is 0 Å². The first-order valence-electron chi connectivity index (χ1n) is 9.25. The maximum atomic E-state index is 13.0. The van der Waals surface area contributed by atoms with E-state index in [2.05, 4.69) is 10.3 Å². The van der Waals surface area contributed by atoms with Gasteiger partial charge in [0.2, 0.25) is 11.8 Å². The number of pyridine rings is 1. The largest absolute Gasteiger partial charge is 0.373 e. The number of fused-ring (bicyclic) bond motifs is 2. The van der Waals surface area contributed by atoms with Crippen LogP contribution < -0.4 is 5.32 Å². The highest BCUT2D eigenvalue weighted by molar-refractivity contribution is 5.81. The van der Waals surface area contributed by atoms with Crippen LogP contribution in [0.25, 0.3) is 0 Å². The number of hydrogen-bond acceptors (Lipinski definition) is 4. The van der Waals surface area contributed by atoms with Gasteiger partial charge < -0.3 is 15.0 Å². The zero-order valence-electron chi connectivity index (χ0n) is 14.6. The number of nitrogens with one attached hydrogen (secondary N) is 1. The molecule has 0 aromatic carbocycles. The maximum Gasteiger partial charge on any atom is 0.226 e. The number of carbonyl (C=O) groups is 2. The second kappa shape index (κ2) is 6.75. The van der Waals surface area contributed by atoms with Crippen LogP contribution in [-0.2, 0) is 14.3 Å². The molecule has 25 heavy (non-hydrogen) atoms. The molecule has 1 N–H and O–H groups in total. The first-order valence-corrected chi connectivity index (χ1v) is 9.25. The zero-order valence-corrected chi connectivity index (χ0v) is 14.6. The molecule has 4 rings (SSSR count). The highest BCUT2D eigenvalue weighted by atomic mass is 16.5. The summed E-state index contributed by atoms with van der Waals surface area (Å²) in [5.41, 5.74) is 1.15. The van der Waals surface area contributed by atoms with Crippen molar-refractivity contribution in [3.63, 3.8) is 0 Å². The second-order valence-corrected chi connectivity index (χ2v) is 7.41. The number of amides is 2. The molecule has 3 aliphatic heterocycles. The number of piperidine rings is 1. The molecule has 0 unspecified atom stereocenters. The van der Waals surface area contributed by atoms with Gasteiger partial charge in [-0.2, -0.15) is 0 Å². The molecule has 1 aromatic heterocycles. The van der Waals surface area contributed by atoms with Crippen LogP contribution in [0.3, 0.4) is 0 Å². The summed E-state index contributed by atoms with van der Waals surface area (Å²) in [6.45, 7) is 3.05. The fourth-order valence-corrected chi connectivity index (χ4v) is 4.66. The van der Waals surface area contributed by atoms with Crippen LogP contribution in [0.2, 0.25) is 0 Å². The van der Waals surface area contributed by atoms with Gasteiger partial charge in [-0.15, -0.1) is 0 Å². The van der Waals surface area contributed by atoms with Crippen molar-refractivity contribution in [2.75, 3.05) is 13.1 Å². The van der Waals surface area contributed by atoms with Crippen molar-refractivity contribution in [3.05, 3.63) is 30.1 Å². The second-order valence-electron chi connectivity index (χ2n) is 7.41. The molecule has 1 aromatic rings.